The van der Waals surface area contributed by atoms with Gasteiger partial charge in [-0.3, -0.25) is 9.05 Å². The summed E-state index contributed by atoms with van der Waals surface area (Å²) in [5.41, 5.74) is 0. The first kappa shape index (κ1) is 16.0. The van der Waals surface area contributed by atoms with Crippen LogP contribution in [0.1, 0.15) is 6.92 Å². The molecule has 7 nitrogen and oxygen atoms in total. The summed E-state index contributed by atoms with van der Waals surface area (Å²) in [5.74, 6) is 0. The summed E-state index contributed by atoms with van der Waals surface area (Å²) in [5, 5.41) is 17.4. The molecule has 0 aromatic rings. The number of rotatable bonds is 9. The lowest BCUT2D eigenvalue weighted by molar-refractivity contribution is 0.0354. The minimum atomic E-state index is -4.12. The van der Waals surface area contributed by atoms with Gasteiger partial charge in [-0.25, -0.2) is 4.57 Å². The van der Waals surface area contributed by atoms with Crippen LogP contribution in [0.5, 0.6) is 0 Å². The molecule has 0 aliphatic rings. The van der Waals surface area contributed by atoms with Crippen LogP contribution in [0.2, 0.25) is 0 Å². The summed E-state index contributed by atoms with van der Waals surface area (Å²) in [6, 6.07) is 0. The predicted octanol–water partition coefficient (Wildman–Crippen LogP) is -0.575. The van der Waals surface area contributed by atoms with Gasteiger partial charge in [0, 0.05) is 6.54 Å². The molecule has 0 spiro atoms. The Kier molecular flexibility index (Phi) is 8.13. The normalized spacial score (nSPS) is 17.4. The van der Waals surface area contributed by atoms with Gasteiger partial charge in [0.05, 0.1) is 19.8 Å². The Morgan fingerprint density at radius 3 is 2.56 bits per heavy atom. The third-order valence-corrected chi connectivity index (χ3v) is 2.89. The summed E-state index contributed by atoms with van der Waals surface area (Å²) in [4.78, 5) is 11.0. The van der Waals surface area contributed by atoms with Crippen molar-refractivity contribution in [2.24, 2.45) is 0 Å². The fourth-order valence-corrected chi connectivity index (χ4v) is 1.49. The Morgan fingerprint density at radius 2 is 2.06 bits per heavy atom. The monoisotopic (exact) mass is 257 g/mol. The van der Waals surface area contributed by atoms with Gasteiger partial charge in [0.25, 0.3) is 0 Å². The van der Waals surface area contributed by atoms with Crippen molar-refractivity contribution >= 4 is 7.82 Å². The minimum Gasteiger partial charge on any atom is -0.394 e. The molecule has 0 saturated carbocycles. The maximum Gasteiger partial charge on any atom is 0.472 e. The molecule has 0 heterocycles. The third kappa shape index (κ3) is 8.18. The van der Waals surface area contributed by atoms with Gasteiger partial charge in [0.2, 0.25) is 0 Å². The van der Waals surface area contributed by atoms with Gasteiger partial charge in [-0.1, -0.05) is 6.92 Å². The first-order valence-electron chi connectivity index (χ1n) is 5.00. The minimum absolute atomic E-state index is 0.0628. The van der Waals surface area contributed by atoms with Gasteiger partial charge in [0.1, 0.15) is 6.10 Å². The highest BCUT2D eigenvalue weighted by atomic mass is 31.2. The van der Waals surface area contributed by atoms with E-state index in [0.717, 1.165) is 6.54 Å². The van der Waals surface area contributed by atoms with Crippen LogP contribution in [0.4, 0.5) is 0 Å². The molecule has 0 aromatic heterocycles. The first-order valence-corrected chi connectivity index (χ1v) is 6.50. The predicted molar refractivity (Wildman–Crippen MR) is 58.0 cm³/mol. The van der Waals surface area contributed by atoms with Crippen molar-refractivity contribution in [1.82, 2.24) is 4.90 Å². The number of phosphoric acid groups is 1. The molecule has 2 unspecified atom stereocenters. The van der Waals surface area contributed by atoms with Crippen LogP contribution in [0.25, 0.3) is 0 Å². The summed E-state index contributed by atoms with van der Waals surface area (Å²) >= 11 is 0. The molecule has 0 aliphatic carbocycles. The second kappa shape index (κ2) is 8.14. The van der Waals surface area contributed by atoms with E-state index >= 15 is 0 Å². The molecule has 2 atom stereocenters. The molecule has 0 saturated heterocycles. The molecule has 3 N–H and O–H groups in total. The lowest BCUT2D eigenvalue weighted by atomic mass is 10.4. The lowest BCUT2D eigenvalue weighted by Gasteiger charge is -2.16. The molecule has 0 rings (SSSR count). The molecule has 0 amide bonds. The molecular formula is C8H20NO6P. The van der Waals surface area contributed by atoms with Gasteiger partial charge >= 0.3 is 7.82 Å². The van der Waals surface area contributed by atoms with Gasteiger partial charge in [0.15, 0.2) is 0 Å². The molecule has 8 heteroatoms. The van der Waals surface area contributed by atoms with E-state index in [9.17, 15) is 4.57 Å². The lowest BCUT2D eigenvalue weighted by Crippen LogP contribution is -2.23. The van der Waals surface area contributed by atoms with Crippen LogP contribution in [0.15, 0.2) is 0 Å². The highest BCUT2D eigenvalue weighted by Gasteiger charge is 2.22. The van der Waals surface area contributed by atoms with Gasteiger partial charge in [-0.15, -0.1) is 0 Å². The van der Waals surface area contributed by atoms with Crippen molar-refractivity contribution in [2.45, 2.75) is 13.0 Å². The van der Waals surface area contributed by atoms with Crippen LogP contribution >= 0.6 is 7.82 Å². The fourth-order valence-electron chi connectivity index (χ4n) is 0.740. The molecule has 0 radical (unpaired) electrons. The molecule has 98 valence electrons. The van der Waals surface area contributed by atoms with E-state index in [1.807, 2.05) is 18.9 Å². The van der Waals surface area contributed by atoms with Crippen molar-refractivity contribution in [2.75, 3.05) is 40.0 Å². The van der Waals surface area contributed by atoms with Crippen molar-refractivity contribution in [3.63, 3.8) is 0 Å². The van der Waals surface area contributed by atoms with Crippen LogP contribution < -0.4 is 0 Å². The van der Waals surface area contributed by atoms with Gasteiger partial charge in [-0.2, -0.15) is 0 Å². The van der Waals surface area contributed by atoms with E-state index in [1.165, 1.54) is 0 Å². The van der Waals surface area contributed by atoms with Gasteiger partial charge in [-0.05, 0) is 13.6 Å². The molecular weight excluding hydrogens is 237 g/mol. The number of nitrogens with zero attached hydrogens (tertiary/aromatic N) is 1. The van der Waals surface area contributed by atoms with E-state index in [0.29, 0.717) is 6.54 Å². The smallest absolute Gasteiger partial charge is 0.394 e. The molecule has 16 heavy (non-hydrogen) atoms. The summed E-state index contributed by atoms with van der Waals surface area (Å²) in [7, 11) is -2.27. The summed E-state index contributed by atoms with van der Waals surface area (Å²) < 4.78 is 20.3. The Balaban J connectivity index is 3.74. The standard InChI is InChI=1S/C8H20NO6P/c1-3-9(2)4-5-14-16(12,13)15-7-8(11)6-10/h8,10-11H,3-7H2,1-2H3,(H,12,13). The Labute approximate surface area is 95.2 Å². The maximum atomic E-state index is 11.2. The van der Waals surface area contributed by atoms with Crippen molar-refractivity contribution in [3.05, 3.63) is 0 Å². The topological polar surface area (TPSA) is 99.5 Å². The molecule has 0 aliphatic heterocycles. The Hall–Kier alpha value is -0.0100. The van der Waals surface area contributed by atoms with E-state index in [1.54, 1.807) is 0 Å². The highest BCUT2D eigenvalue weighted by Crippen LogP contribution is 2.42. The number of phosphoric ester groups is 1. The zero-order valence-electron chi connectivity index (χ0n) is 9.57. The van der Waals surface area contributed by atoms with Crippen LogP contribution in [0.3, 0.4) is 0 Å². The average molecular weight is 257 g/mol. The van der Waals surface area contributed by atoms with Gasteiger partial charge < -0.3 is 20.0 Å². The van der Waals surface area contributed by atoms with E-state index in [4.69, 9.17) is 15.1 Å². The number of aliphatic hydroxyl groups is 2. The summed E-state index contributed by atoms with van der Waals surface area (Å²) in [6.45, 7) is 2.36. The summed E-state index contributed by atoms with van der Waals surface area (Å²) in [6.07, 6.45) is -1.18. The Bertz CT molecular complexity index is 227. The van der Waals surface area contributed by atoms with Crippen LogP contribution in [0, 0.1) is 0 Å². The molecule has 0 aromatic carbocycles. The Morgan fingerprint density at radius 1 is 1.44 bits per heavy atom. The zero-order chi connectivity index (χ0) is 12.6. The highest BCUT2D eigenvalue weighted by molar-refractivity contribution is 7.47. The van der Waals surface area contributed by atoms with Crippen molar-refractivity contribution in [1.29, 1.82) is 0 Å². The molecule has 0 fully saturated rings. The maximum absolute atomic E-state index is 11.2. The quantitative estimate of drug-likeness (QED) is 0.475. The third-order valence-electron chi connectivity index (χ3n) is 1.91. The van der Waals surface area contributed by atoms with Crippen LogP contribution in [-0.4, -0.2) is 66.1 Å². The molecule has 0 bridgehead atoms. The van der Waals surface area contributed by atoms with E-state index in [-0.39, 0.29) is 6.61 Å². The number of hydrogen-bond donors (Lipinski definition) is 3. The number of aliphatic hydroxyl groups excluding tert-OH is 2. The first-order chi connectivity index (χ1) is 7.41. The van der Waals surface area contributed by atoms with Crippen LogP contribution in [-0.2, 0) is 13.6 Å². The van der Waals surface area contributed by atoms with Crippen molar-refractivity contribution < 1.29 is 28.7 Å². The SMILES string of the molecule is CCN(C)CCOP(=O)(O)OCC(O)CO. The average Bonchev–Trinajstić information content (AvgIpc) is 2.25. The largest absolute Gasteiger partial charge is 0.472 e. The van der Waals surface area contributed by atoms with E-state index < -0.39 is 27.1 Å². The second-order valence-electron chi connectivity index (χ2n) is 3.33. The number of hydrogen-bond acceptors (Lipinski definition) is 6. The second-order valence-corrected chi connectivity index (χ2v) is 4.78. The van der Waals surface area contributed by atoms with E-state index in [2.05, 4.69) is 9.05 Å². The van der Waals surface area contributed by atoms with Crippen molar-refractivity contribution in [3.8, 4) is 0 Å². The number of likely N-dealkylation sites (N-methyl/N-ethyl adjacent to an activating group) is 1. The zero-order valence-corrected chi connectivity index (χ0v) is 10.5. The fraction of sp³-hybridized carbons (Fsp3) is 1.00.